The summed E-state index contributed by atoms with van der Waals surface area (Å²) in [5, 5.41) is 4.04. The van der Waals surface area contributed by atoms with Gasteiger partial charge in [0.25, 0.3) is 0 Å². The van der Waals surface area contributed by atoms with Gasteiger partial charge in [0, 0.05) is 18.9 Å². The van der Waals surface area contributed by atoms with E-state index in [0.29, 0.717) is 18.7 Å². The maximum atomic E-state index is 5.99. The molecular formula is C16H23N3O. The normalized spacial score (nSPS) is 12.6. The molecule has 0 bridgehead atoms. The second-order valence-electron chi connectivity index (χ2n) is 5.53. The van der Waals surface area contributed by atoms with Crippen LogP contribution in [0.4, 0.5) is 0 Å². The highest BCUT2D eigenvalue weighted by Crippen LogP contribution is 2.13. The molecule has 0 aliphatic carbocycles. The first-order chi connectivity index (χ1) is 9.56. The number of nitrogens with zero attached hydrogens (tertiary/aromatic N) is 2. The van der Waals surface area contributed by atoms with Gasteiger partial charge in [-0.05, 0) is 25.8 Å². The summed E-state index contributed by atoms with van der Waals surface area (Å²) in [7, 11) is 0. The van der Waals surface area contributed by atoms with Crippen LogP contribution in [0.3, 0.4) is 0 Å². The summed E-state index contributed by atoms with van der Waals surface area (Å²) < 4.78 is 5.27. The number of nitrogens with two attached hydrogens (primary N) is 1. The molecule has 4 heteroatoms. The van der Waals surface area contributed by atoms with E-state index in [1.165, 1.54) is 16.7 Å². The van der Waals surface area contributed by atoms with Gasteiger partial charge in [0.15, 0.2) is 5.82 Å². The summed E-state index contributed by atoms with van der Waals surface area (Å²) >= 11 is 0. The number of aromatic nitrogens is 2. The highest BCUT2D eigenvalue weighted by Gasteiger charge is 2.11. The van der Waals surface area contributed by atoms with E-state index in [-0.39, 0.29) is 6.04 Å². The van der Waals surface area contributed by atoms with Crippen molar-refractivity contribution in [2.24, 2.45) is 5.73 Å². The van der Waals surface area contributed by atoms with Crippen LogP contribution >= 0.6 is 0 Å². The van der Waals surface area contributed by atoms with Crippen LogP contribution in [-0.4, -0.2) is 16.2 Å². The Morgan fingerprint density at radius 3 is 2.55 bits per heavy atom. The van der Waals surface area contributed by atoms with Crippen LogP contribution < -0.4 is 5.73 Å². The lowest BCUT2D eigenvalue weighted by molar-refractivity contribution is 0.361. The molecule has 0 amide bonds. The summed E-state index contributed by atoms with van der Waals surface area (Å²) in [6.07, 6.45) is 3.42. The highest BCUT2D eigenvalue weighted by atomic mass is 16.5. The van der Waals surface area contributed by atoms with Crippen LogP contribution in [0.15, 0.2) is 22.7 Å². The van der Waals surface area contributed by atoms with E-state index in [1.54, 1.807) is 0 Å². The Labute approximate surface area is 120 Å². The Balaban J connectivity index is 2.02. The fourth-order valence-electron chi connectivity index (χ4n) is 2.50. The molecule has 2 rings (SSSR count). The predicted octanol–water partition coefficient (Wildman–Crippen LogP) is 2.95. The first-order valence-electron chi connectivity index (χ1n) is 7.21. The van der Waals surface area contributed by atoms with Crippen LogP contribution in [-0.2, 0) is 12.8 Å². The van der Waals surface area contributed by atoms with Crippen molar-refractivity contribution < 1.29 is 4.52 Å². The molecule has 0 aliphatic rings. The molecule has 0 saturated carbocycles. The molecule has 4 nitrogen and oxygen atoms in total. The van der Waals surface area contributed by atoms with Gasteiger partial charge in [-0.15, -0.1) is 0 Å². The van der Waals surface area contributed by atoms with Gasteiger partial charge >= 0.3 is 0 Å². The third-order valence-electron chi connectivity index (χ3n) is 3.25. The molecule has 0 aliphatic heterocycles. The fraction of sp³-hybridized carbons (Fsp3) is 0.500. The lowest BCUT2D eigenvalue weighted by atomic mass is 10.0. The van der Waals surface area contributed by atoms with E-state index >= 15 is 0 Å². The molecule has 108 valence electrons. The minimum absolute atomic E-state index is 0.106. The van der Waals surface area contributed by atoms with Crippen LogP contribution in [0.2, 0.25) is 0 Å². The van der Waals surface area contributed by atoms with Gasteiger partial charge in [-0.2, -0.15) is 4.98 Å². The molecule has 0 saturated heterocycles. The fourth-order valence-corrected chi connectivity index (χ4v) is 2.50. The van der Waals surface area contributed by atoms with Crippen LogP contribution in [0, 0.1) is 13.8 Å². The van der Waals surface area contributed by atoms with Crippen molar-refractivity contribution in [2.45, 2.75) is 52.5 Å². The zero-order valence-electron chi connectivity index (χ0n) is 12.5. The van der Waals surface area contributed by atoms with Crippen molar-refractivity contribution in [2.75, 3.05) is 0 Å². The van der Waals surface area contributed by atoms with E-state index < -0.39 is 0 Å². The van der Waals surface area contributed by atoms with Gasteiger partial charge in [-0.1, -0.05) is 47.8 Å². The van der Waals surface area contributed by atoms with E-state index in [0.717, 1.165) is 18.7 Å². The van der Waals surface area contributed by atoms with Crippen LogP contribution in [0.1, 0.15) is 48.2 Å². The van der Waals surface area contributed by atoms with E-state index in [9.17, 15) is 0 Å². The molecule has 0 fully saturated rings. The largest absolute Gasteiger partial charge is 0.339 e. The zero-order chi connectivity index (χ0) is 14.5. The molecular weight excluding hydrogens is 250 g/mol. The summed E-state index contributed by atoms with van der Waals surface area (Å²) in [5.41, 5.74) is 9.72. The van der Waals surface area contributed by atoms with Crippen molar-refractivity contribution in [3.05, 3.63) is 46.6 Å². The molecule has 2 N–H and O–H groups in total. The molecule has 1 aromatic heterocycles. The first-order valence-corrected chi connectivity index (χ1v) is 7.21. The number of hydrogen-bond donors (Lipinski definition) is 1. The van der Waals surface area contributed by atoms with E-state index in [4.69, 9.17) is 10.3 Å². The molecule has 1 heterocycles. The summed E-state index contributed by atoms with van der Waals surface area (Å²) in [4.78, 5) is 4.43. The monoisotopic (exact) mass is 273 g/mol. The maximum absolute atomic E-state index is 5.99. The highest BCUT2D eigenvalue weighted by molar-refractivity contribution is 5.30. The Kier molecular flexibility index (Phi) is 4.90. The second-order valence-corrected chi connectivity index (χ2v) is 5.53. The van der Waals surface area contributed by atoms with Crippen molar-refractivity contribution in [3.8, 4) is 0 Å². The Morgan fingerprint density at radius 1 is 1.20 bits per heavy atom. The SMILES string of the molecule is CCCC(N)Cc1nc(Cc2cc(C)cc(C)c2)no1. The molecule has 0 radical (unpaired) electrons. The molecule has 1 atom stereocenters. The summed E-state index contributed by atoms with van der Waals surface area (Å²) in [5.74, 6) is 1.37. The van der Waals surface area contributed by atoms with Crippen molar-refractivity contribution in [1.82, 2.24) is 10.1 Å². The summed E-state index contributed by atoms with van der Waals surface area (Å²) in [6, 6.07) is 6.58. The van der Waals surface area contributed by atoms with E-state index in [1.807, 2.05) is 0 Å². The van der Waals surface area contributed by atoms with Gasteiger partial charge in [0.05, 0.1) is 0 Å². The third-order valence-corrected chi connectivity index (χ3v) is 3.25. The number of benzene rings is 1. The maximum Gasteiger partial charge on any atom is 0.228 e. The molecule has 20 heavy (non-hydrogen) atoms. The third kappa shape index (κ3) is 4.17. The molecule has 0 spiro atoms. The Morgan fingerprint density at radius 2 is 1.90 bits per heavy atom. The average Bonchev–Trinajstić information content (AvgIpc) is 2.75. The summed E-state index contributed by atoms with van der Waals surface area (Å²) in [6.45, 7) is 6.32. The van der Waals surface area contributed by atoms with Gasteiger partial charge in [-0.3, -0.25) is 0 Å². The molecule has 2 aromatic rings. The minimum atomic E-state index is 0.106. The topological polar surface area (TPSA) is 64.9 Å². The van der Waals surface area contributed by atoms with Crippen molar-refractivity contribution in [1.29, 1.82) is 0 Å². The minimum Gasteiger partial charge on any atom is -0.339 e. The van der Waals surface area contributed by atoms with Gasteiger partial charge in [-0.25, -0.2) is 0 Å². The van der Waals surface area contributed by atoms with Crippen LogP contribution in [0.25, 0.3) is 0 Å². The van der Waals surface area contributed by atoms with Gasteiger partial charge in [0.2, 0.25) is 5.89 Å². The first kappa shape index (κ1) is 14.7. The van der Waals surface area contributed by atoms with Gasteiger partial charge < -0.3 is 10.3 Å². The lowest BCUT2D eigenvalue weighted by Crippen LogP contribution is -2.22. The standard InChI is InChI=1S/C16H23N3O/c1-4-5-14(17)10-16-18-15(19-20-16)9-13-7-11(2)6-12(3)8-13/h6-8,14H,4-5,9-10,17H2,1-3H3. The van der Waals surface area contributed by atoms with Crippen molar-refractivity contribution >= 4 is 0 Å². The smallest absolute Gasteiger partial charge is 0.228 e. The van der Waals surface area contributed by atoms with Crippen molar-refractivity contribution in [3.63, 3.8) is 0 Å². The quantitative estimate of drug-likeness (QED) is 0.878. The zero-order valence-corrected chi connectivity index (χ0v) is 12.5. The lowest BCUT2D eigenvalue weighted by Gasteiger charge is -2.05. The Bertz CT molecular complexity index is 542. The number of aryl methyl sites for hydroxylation is 2. The number of hydrogen-bond acceptors (Lipinski definition) is 4. The predicted molar refractivity (Wildman–Crippen MR) is 79.6 cm³/mol. The average molecular weight is 273 g/mol. The number of rotatable bonds is 6. The Hall–Kier alpha value is -1.68. The second kappa shape index (κ2) is 6.66. The van der Waals surface area contributed by atoms with E-state index in [2.05, 4.69) is 49.1 Å². The molecule has 1 aromatic carbocycles. The molecule has 1 unspecified atom stereocenters. The van der Waals surface area contributed by atoms with Gasteiger partial charge in [0.1, 0.15) is 0 Å². The van der Waals surface area contributed by atoms with Crippen LogP contribution in [0.5, 0.6) is 0 Å².